The van der Waals surface area contributed by atoms with E-state index in [-0.39, 0.29) is 23.3 Å². The molecule has 0 unspecified atom stereocenters. The van der Waals surface area contributed by atoms with Gasteiger partial charge in [-0.3, -0.25) is 14.2 Å². The molecule has 0 radical (unpaired) electrons. The smallest absolute Gasteiger partial charge is 0.252 e. The number of nitrogens with zero attached hydrogens (tertiary/aromatic N) is 4. The molecule has 212 valence electrons. The Morgan fingerprint density at radius 3 is 2.58 bits per heavy atom. The maximum atomic E-state index is 13.6. The van der Waals surface area contributed by atoms with Crippen molar-refractivity contribution in [2.45, 2.75) is 84.7 Å². The summed E-state index contributed by atoms with van der Waals surface area (Å²) in [5.41, 5.74) is 3.24. The van der Waals surface area contributed by atoms with Crippen LogP contribution in [0, 0.1) is 17.3 Å². The number of rotatable bonds is 11. The van der Waals surface area contributed by atoms with Crippen molar-refractivity contribution in [1.29, 1.82) is 0 Å². The molecule has 8 heteroatoms. The Morgan fingerprint density at radius 2 is 1.88 bits per heavy atom. The molecule has 1 aromatic carbocycles. The number of ketones is 1. The Labute approximate surface area is 241 Å². The molecule has 2 fully saturated rings. The first-order valence-electron chi connectivity index (χ1n) is 14.9. The van der Waals surface area contributed by atoms with Crippen molar-refractivity contribution >= 4 is 29.0 Å². The van der Waals surface area contributed by atoms with Gasteiger partial charge in [-0.1, -0.05) is 51.1 Å². The second-order valence-electron chi connectivity index (χ2n) is 13.2. The van der Waals surface area contributed by atoms with Crippen molar-refractivity contribution in [3.63, 3.8) is 0 Å². The Hall–Kier alpha value is -3.00. The number of nitrogens with one attached hydrogen (secondary N) is 1. The summed E-state index contributed by atoms with van der Waals surface area (Å²) >= 11 is 1.70. The van der Waals surface area contributed by atoms with E-state index in [9.17, 15) is 9.59 Å². The summed E-state index contributed by atoms with van der Waals surface area (Å²) < 4.78 is 2.23. The SMILES string of the molecule is CC(C)(C)CN(Cc1ccccc1)c1nncn1[C@@H]1CCc2sc(CC(=O)C3CC3)c(C(=O)NCC3CC3)c2C1. The van der Waals surface area contributed by atoms with Crippen molar-refractivity contribution in [1.82, 2.24) is 20.1 Å². The van der Waals surface area contributed by atoms with Gasteiger partial charge in [0.05, 0.1) is 5.56 Å². The molecule has 6 rings (SSSR count). The van der Waals surface area contributed by atoms with E-state index in [1.807, 2.05) is 12.4 Å². The van der Waals surface area contributed by atoms with Gasteiger partial charge in [0.1, 0.15) is 12.1 Å². The highest BCUT2D eigenvalue weighted by molar-refractivity contribution is 7.12. The number of amides is 1. The van der Waals surface area contributed by atoms with Gasteiger partial charge in [-0.15, -0.1) is 21.5 Å². The zero-order chi connectivity index (χ0) is 27.9. The molecular weight excluding hydrogens is 518 g/mol. The van der Waals surface area contributed by atoms with Crippen molar-refractivity contribution in [3.8, 4) is 0 Å². The van der Waals surface area contributed by atoms with Crippen LogP contribution in [0.4, 0.5) is 5.95 Å². The number of thiophene rings is 1. The summed E-state index contributed by atoms with van der Waals surface area (Å²) in [6, 6.07) is 10.7. The van der Waals surface area contributed by atoms with Gasteiger partial charge in [0.2, 0.25) is 5.95 Å². The number of carbonyl (C=O) groups excluding carboxylic acids is 2. The first-order valence-corrected chi connectivity index (χ1v) is 15.7. The molecule has 40 heavy (non-hydrogen) atoms. The third-order valence-electron chi connectivity index (χ3n) is 8.26. The first kappa shape index (κ1) is 27.2. The Kier molecular flexibility index (Phi) is 7.55. The van der Waals surface area contributed by atoms with Gasteiger partial charge < -0.3 is 10.2 Å². The van der Waals surface area contributed by atoms with Crippen LogP contribution in [0.25, 0.3) is 0 Å². The highest BCUT2D eigenvalue weighted by Gasteiger charge is 2.35. The minimum Gasteiger partial charge on any atom is -0.352 e. The molecule has 0 saturated heterocycles. The third-order valence-corrected chi connectivity index (χ3v) is 9.55. The zero-order valence-corrected chi connectivity index (χ0v) is 24.8. The van der Waals surface area contributed by atoms with Crippen LogP contribution >= 0.6 is 11.3 Å². The van der Waals surface area contributed by atoms with Crippen LogP contribution in [0.5, 0.6) is 0 Å². The van der Waals surface area contributed by atoms with Crippen molar-refractivity contribution < 1.29 is 9.59 Å². The molecule has 1 amide bonds. The van der Waals surface area contributed by atoms with Crippen LogP contribution in [0.15, 0.2) is 36.7 Å². The average molecular weight is 560 g/mol. The minimum atomic E-state index is 0.00561. The molecule has 1 atom stereocenters. The topological polar surface area (TPSA) is 80.1 Å². The number of fused-ring (bicyclic) bond motifs is 1. The fourth-order valence-corrected chi connectivity index (χ4v) is 7.26. The van der Waals surface area contributed by atoms with Crippen LogP contribution in [0.3, 0.4) is 0 Å². The number of benzene rings is 1. The summed E-state index contributed by atoms with van der Waals surface area (Å²) in [7, 11) is 0. The molecule has 3 aliphatic carbocycles. The summed E-state index contributed by atoms with van der Waals surface area (Å²) in [5.74, 6) is 2.00. The minimum absolute atomic E-state index is 0.00561. The maximum absolute atomic E-state index is 13.6. The molecular formula is C32H41N5O2S. The van der Waals surface area contributed by atoms with E-state index in [4.69, 9.17) is 0 Å². The third kappa shape index (κ3) is 6.32. The quantitative estimate of drug-likeness (QED) is 0.322. The Bertz CT molecular complexity index is 1360. The van der Waals surface area contributed by atoms with E-state index >= 15 is 0 Å². The lowest BCUT2D eigenvalue weighted by atomic mass is 9.89. The second kappa shape index (κ2) is 11.1. The van der Waals surface area contributed by atoms with Crippen molar-refractivity contribution in [2.75, 3.05) is 18.0 Å². The number of Topliss-reactive ketones (excluding diaryl/α,β-unsaturated/α-hetero) is 1. The molecule has 7 nitrogen and oxygen atoms in total. The summed E-state index contributed by atoms with van der Waals surface area (Å²) in [6.45, 7) is 9.09. The largest absolute Gasteiger partial charge is 0.352 e. The Morgan fingerprint density at radius 1 is 1.10 bits per heavy atom. The number of hydrogen-bond acceptors (Lipinski definition) is 6. The van der Waals surface area contributed by atoms with Crippen molar-refractivity contribution in [2.24, 2.45) is 17.3 Å². The summed E-state index contributed by atoms with van der Waals surface area (Å²) in [5, 5.41) is 12.2. The number of aryl methyl sites for hydroxylation is 1. The van der Waals surface area contributed by atoms with Gasteiger partial charge in [0.15, 0.2) is 0 Å². The van der Waals surface area contributed by atoms with Gasteiger partial charge >= 0.3 is 0 Å². The molecule has 3 aliphatic rings. The highest BCUT2D eigenvalue weighted by Crippen LogP contribution is 2.41. The van der Waals surface area contributed by atoms with Gasteiger partial charge in [0.25, 0.3) is 5.91 Å². The lowest BCUT2D eigenvalue weighted by Crippen LogP contribution is -2.35. The molecule has 3 aromatic rings. The first-order chi connectivity index (χ1) is 19.2. The normalized spacial score (nSPS) is 18.8. The van der Waals surface area contributed by atoms with Crippen LogP contribution < -0.4 is 10.2 Å². The lowest BCUT2D eigenvalue weighted by Gasteiger charge is -2.33. The monoisotopic (exact) mass is 559 g/mol. The lowest BCUT2D eigenvalue weighted by molar-refractivity contribution is -0.119. The number of anilines is 1. The molecule has 0 spiro atoms. The van der Waals surface area contributed by atoms with E-state index in [1.54, 1.807) is 11.3 Å². The second-order valence-corrected chi connectivity index (χ2v) is 14.4. The average Bonchev–Trinajstić information content (AvgIpc) is 3.85. The van der Waals surface area contributed by atoms with Gasteiger partial charge in [-0.25, -0.2) is 0 Å². The van der Waals surface area contributed by atoms with E-state index < -0.39 is 0 Å². The van der Waals surface area contributed by atoms with E-state index in [0.29, 0.717) is 18.1 Å². The fourth-order valence-electron chi connectivity index (χ4n) is 5.90. The molecule has 2 saturated carbocycles. The number of carbonyl (C=O) groups is 2. The standard InChI is InChI=1S/C32H41N5O2S/c1-32(2,3)19-36(18-22-7-5-4-6-8-22)31-35-34-20-37(31)24-13-14-27-25(15-24)29(30(39)33-17-21-9-10-21)28(40-27)16-26(38)23-11-12-23/h4-8,20-21,23-24H,9-19H2,1-3H3,(H,33,39)/t24-/m1/s1. The summed E-state index contributed by atoms with van der Waals surface area (Å²) in [4.78, 5) is 31.0. The van der Waals surface area contributed by atoms with E-state index in [2.05, 4.69) is 70.0 Å². The molecule has 1 N–H and O–H groups in total. The van der Waals surface area contributed by atoms with Crippen LogP contribution in [0.2, 0.25) is 0 Å². The predicted octanol–water partition coefficient (Wildman–Crippen LogP) is 5.78. The molecule has 0 aliphatic heterocycles. The molecule has 2 heterocycles. The van der Waals surface area contributed by atoms with Crippen molar-refractivity contribution in [3.05, 3.63) is 63.1 Å². The predicted molar refractivity (Wildman–Crippen MR) is 159 cm³/mol. The maximum Gasteiger partial charge on any atom is 0.252 e. The number of aromatic nitrogens is 3. The fraction of sp³-hybridized carbons (Fsp3) is 0.562. The van der Waals surface area contributed by atoms with Gasteiger partial charge in [0, 0.05) is 47.8 Å². The Balaban J connectivity index is 1.29. The van der Waals surface area contributed by atoms with Crippen LogP contribution in [0.1, 0.15) is 90.2 Å². The van der Waals surface area contributed by atoms with Crippen LogP contribution in [-0.4, -0.2) is 39.5 Å². The zero-order valence-electron chi connectivity index (χ0n) is 24.0. The highest BCUT2D eigenvalue weighted by atomic mass is 32.1. The van der Waals surface area contributed by atoms with E-state index in [0.717, 1.165) is 73.7 Å². The van der Waals surface area contributed by atoms with Gasteiger partial charge in [-0.05, 0) is 67.4 Å². The van der Waals surface area contributed by atoms with E-state index in [1.165, 1.54) is 23.3 Å². The summed E-state index contributed by atoms with van der Waals surface area (Å²) in [6.07, 6.45) is 9.28. The van der Waals surface area contributed by atoms with Gasteiger partial charge in [-0.2, -0.15) is 0 Å². The molecule has 2 aromatic heterocycles. The number of hydrogen-bond donors (Lipinski definition) is 1. The van der Waals surface area contributed by atoms with Crippen LogP contribution in [-0.2, 0) is 30.6 Å². The molecule has 0 bridgehead atoms.